The Balaban J connectivity index is 2.96. The Morgan fingerprint density at radius 2 is 1.86 bits per heavy atom. The van der Waals surface area contributed by atoms with Gasteiger partial charge in [0, 0.05) is 5.56 Å². The van der Waals surface area contributed by atoms with Crippen molar-refractivity contribution in [3.8, 4) is 5.75 Å². The SMILES string of the molecule is O[C@@H](Cl)c1ccccc1OC(F)(F)F. The van der Waals surface area contributed by atoms with Gasteiger partial charge in [-0.3, -0.25) is 0 Å². The fourth-order valence-electron chi connectivity index (χ4n) is 0.895. The molecular weight excluding hydrogens is 221 g/mol. The van der Waals surface area contributed by atoms with Gasteiger partial charge >= 0.3 is 6.36 Å². The molecule has 0 heterocycles. The first-order valence-electron chi connectivity index (χ1n) is 3.57. The van der Waals surface area contributed by atoms with E-state index in [0.29, 0.717) is 0 Å². The topological polar surface area (TPSA) is 29.5 Å². The van der Waals surface area contributed by atoms with E-state index in [2.05, 4.69) is 4.74 Å². The van der Waals surface area contributed by atoms with E-state index in [4.69, 9.17) is 16.7 Å². The maximum absolute atomic E-state index is 11.8. The number of benzene rings is 1. The molecule has 0 aromatic heterocycles. The molecule has 0 spiro atoms. The van der Waals surface area contributed by atoms with E-state index in [1.807, 2.05) is 0 Å². The molecule has 1 aromatic carbocycles. The van der Waals surface area contributed by atoms with Gasteiger partial charge in [0.15, 0.2) is 5.56 Å². The van der Waals surface area contributed by atoms with Crippen LogP contribution in [0.2, 0.25) is 0 Å². The number of ether oxygens (including phenoxy) is 1. The van der Waals surface area contributed by atoms with Crippen molar-refractivity contribution in [3.63, 3.8) is 0 Å². The van der Waals surface area contributed by atoms with Gasteiger partial charge in [0.05, 0.1) is 0 Å². The van der Waals surface area contributed by atoms with Crippen molar-refractivity contribution in [2.24, 2.45) is 0 Å². The van der Waals surface area contributed by atoms with Crippen molar-refractivity contribution in [1.29, 1.82) is 0 Å². The third-order valence-electron chi connectivity index (χ3n) is 1.40. The Morgan fingerprint density at radius 1 is 1.29 bits per heavy atom. The monoisotopic (exact) mass is 226 g/mol. The second kappa shape index (κ2) is 4.06. The van der Waals surface area contributed by atoms with Crippen LogP contribution in [0.5, 0.6) is 5.75 Å². The number of halogens is 4. The second-order valence-corrected chi connectivity index (χ2v) is 2.83. The zero-order chi connectivity index (χ0) is 10.8. The third kappa shape index (κ3) is 3.08. The summed E-state index contributed by atoms with van der Waals surface area (Å²) in [5.41, 5.74) is -1.64. The lowest BCUT2D eigenvalue weighted by atomic mass is 10.2. The molecule has 1 N–H and O–H groups in total. The normalized spacial score (nSPS) is 13.8. The first-order valence-corrected chi connectivity index (χ1v) is 4.00. The van der Waals surface area contributed by atoms with Crippen LogP contribution in [0.3, 0.4) is 0 Å². The van der Waals surface area contributed by atoms with Gasteiger partial charge < -0.3 is 9.84 Å². The fourth-order valence-corrected chi connectivity index (χ4v) is 1.08. The van der Waals surface area contributed by atoms with Crippen molar-refractivity contribution in [3.05, 3.63) is 29.8 Å². The lowest BCUT2D eigenvalue weighted by Gasteiger charge is -2.13. The van der Waals surface area contributed by atoms with Crippen LogP contribution in [0.25, 0.3) is 0 Å². The van der Waals surface area contributed by atoms with Crippen molar-refractivity contribution in [2.45, 2.75) is 11.9 Å². The van der Waals surface area contributed by atoms with Crippen LogP contribution in [-0.4, -0.2) is 11.5 Å². The molecule has 78 valence electrons. The smallest absolute Gasteiger partial charge is 0.405 e. The van der Waals surface area contributed by atoms with Gasteiger partial charge in [-0.1, -0.05) is 29.8 Å². The average Bonchev–Trinajstić information content (AvgIpc) is 2.01. The van der Waals surface area contributed by atoms with Gasteiger partial charge in [0.1, 0.15) is 5.75 Å². The van der Waals surface area contributed by atoms with Gasteiger partial charge in [-0.2, -0.15) is 0 Å². The molecule has 6 heteroatoms. The number of alkyl halides is 4. The van der Waals surface area contributed by atoms with E-state index >= 15 is 0 Å². The standard InChI is InChI=1S/C8H6ClF3O2/c9-7(13)5-3-1-2-4-6(5)14-8(10,11)12/h1-4,7,13H/t7-/m1/s1. The molecule has 14 heavy (non-hydrogen) atoms. The zero-order valence-electron chi connectivity index (χ0n) is 6.75. The van der Waals surface area contributed by atoms with Crippen LogP contribution in [0, 0.1) is 0 Å². The Bertz CT molecular complexity index is 312. The van der Waals surface area contributed by atoms with Gasteiger partial charge in [-0.25, -0.2) is 0 Å². The molecule has 0 bridgehead atoms. The Kier molecular flexibility index (Phi) is 3.23. The molecule has 2 nitrogen and oxygen atoms in total. The number of hydrogen-bond acceptors (Lipinski definition) is 2. The molecule has 1 rings (SSSR count). The highest BCUT2D eigenvalue weighted by Gasteiger charge is 2.32. The Hall–Kier alpha value is -0.940. The molecule has 0 aliphatic carbocycles. The minimum Gasteiger partial charge on any atom is -0.405 e. The second-order valence-electron chi connectivity index (χ2n) is 2.42. The molecule has 0 saturated carbocycles. The van der Waals surface area contributed by atoms with Crippen LogP contribution in [-0.2, 0) is 0 Å². The molecule has 1 aromatic rings. The van der Waals surface area contributed by atoms with Crippen molar-refractivity contribution >= 4 is 11.6 Å². The molecule has 0 saturated heterocycles. The van der Waals surface area contributed by atoms with Crippen molar-refractivity contribution in [2.75, 3.05) is 0 Å². The highest BCUT2D eigenvalue weighted by atomic mass is 35.5. The number of aliphatic hydroxyl groups is 1. The number of aliphatic hydroxyl groups excluding tert-OH is 1. The quantitative estimate of drug-likeness (QED) is 0.786. The minimum absolute atomic E-state index is 0.119. The molecule has 0 aliphatic heterocycles. The largest absolute Gasteiger partial charge is 0.573 e. The summed E-state index contributed by atoms with van der Waals surface area (Å²) >= 11 is 5.25. The van der Waals surface area contributed by atoms with E-state index in [-0.39, 0.29) is 5.56 Å². The molecule has 0 radical (unpaired) electrons. The summed E-state index contributed by atoms with van der Waals surface area (Å²) in [6.07, 6.45) is -4.79. The summed E-state index contributed by atoms with van der Waals surface area (Å²) in [6, 6.07) is 5.13. The van der Waals surface area contributed by atoms with Gasteiger partial charge in [-0.05, 0) is 6.07 Å². The van der Waals surface area contributed by atoms with E-state index in [1.54, 1.807) is 0 Å². The Labute approximate surface area is 82.9 Å². The van der Waals surface area contributed by atoms with E-state index < -0.39 is 17.7 Å². The van der Waals surface area contributed by atoms with E-state index in [1.165, 1.54) is 18.2 Å². The molecule has 0 amide bonds. The highest BCUT2D eigenvalue weighted by Crippen LogP contribution is 2.31. The fraction of sp³-hybridized carbons (Fsp3) is 0.250. The van der Waals surface area contributed by atoms with Crippen LogP contribution >= 0.6 is 11.6 Å². The molecule has 1 atom stereocenters. The molecule has 0 aliphatic rings. The van der Waals surface area contributed by atoms with Crippen molar-refractivity contribution < 1.29 is 23.0 Å². The zero-order valence-corrected chi connectivity index (χ0v) is 7.51. The third-order valence-corrected chi connectivity index (χ3v) is 1.64. The van der Waals surface area contributed by atoms with Crippen LogP contribution < -0.4 is 4.74 Å². The van der Waals surface area contributed by atoms with Gasteiger partial charge in [0.2, 0.25) is 0 Å². The van der Waals surface area contributed by atoms with Crippen LogP contribution in [0.15, 0.2) is 24.3 Å². The predicted molar refractivity (Wildman–Crippen MR) is 43.9 cm³/mol. The summed E-state index contributed by atoms with van der Waals surface area (Å²) in [6.45, 7) is 0. The van der Waals surface area contributed by atoms with Gasteiger partial charge in [0.25, 0.3) is 0 Å². The molecular formula is C8H6ClF3O2. The maximum atomic E-state index is 11.8. The predicted octanol–water partition coefficient (Wildman–Crippen LogP) is 2.81. The summed E-state index contributed by atoms with van der Waals surface area (Å²) < 4.78 is 39.2. The first-order chi connectivity index (χ1) is 6.40. The van der Waals surface area contributed by atoms with Crippen LogP contribution in [0.4, 0.5) is 13.2 Å². The lowest BCUT2D eigenvalue weighted by molar-refractivity contribution is -0.275. The number of rotatable bonds is 2. The average molecular weight is 227 g/mol. The molecule has 0 fully saturated rings. The highest BCUT2D eigenvalue weighted by molar-refractivity contribution is 6.19. The first kappa shape index (κ1) is 11.1. The van der Waals surface area contributed by atoms with E-state index in [0.717, 1.165) is 6.07 Å². The summed E-state index contributed by atoms with van der Waals surface area (Å²) in [5.74, 6) is -0.498. The lowest BCUT2D eigenvalue weighted by Crippen LogP contribution is -2.18. The summed E-state index contributed by atoms with van der Waals surface area (Å²) in [4.78, 5) is 0. The summed E-state index contributed by atoms with van der Waals surface area (Å²) in [5, 5.41) is 8.92. The maximum Gasteiger partial charge on any atom is 0.573 e. The Morgan fingerprint density at radius 3 is 2.36 bits per heavy atom. The van der Waals surface area contributed by atoms with Crippen molar-refractivity contribution in [1.82, 2.24) is 0 Å². The number of hydrogen-bond donors (Lipinski definition) is 1. The number of para-hydroxylation sites is 1. The molecule has 0 unspecified atom stereocenters. The van der Waals surface area contributed by atoms with Gasteiger partial charge in [-0.15, -0.1) is 13.2 Å². The summed E-state index contributed by atoms with van der Waals surface area (Å²) in [7, 11) is 0. The van der Waals surface area contributed by atoms with E-state index in [9.17, 15) is 13.2 Å². The minimum atomic E-state index is -4.79. The van der Waals surface area contributed by atoms with Crippen LogP contribution in [0.1, 0.15) is 11.1 Å².